The first-order chi connectivity index (χ1) is 13.0. The maximum atomic E-state index is 14.0. The number of halogens is 3. The van der Waals surface area contributed by atoms with Crippen molar-refractivity contribution >= 4 is 21.6 Å². The van der Waals surface area contributed by atoms with Crippen LogP contribution in [0.4, 0.5) is 18.9 Å². The molecule has 3 rings (SSSR count). The molecule has 0 N–H and O–H groups in total. The Morgan fingerprint density at radius 3 is 2.54 bits per heavy atom. The fourth-order valence-electron chi connectivity index (χ4n) is 4.48. The van der Waals surface area contributed by atoms with Crippen LogP contribution < -0.4 is 4.90 Å². The molecule has 0 aromatic heterocycles. The topological polar surface area (TPSA) is 57.7 Å². The number of nitrogens with zero attached hydrogens (tertiary/aromatic N) is 2. The van der Waals surface area contributed by atoms with E-state index in [-0.39, 0.29) is 43.0 Å². The van der Waals surface area contributed by atoms with Gasteiger partial charge in [-0.1, -0.05) is 13.3 Å². The Morgan fingerprint density at radius 2 is 1.93 bits per heavy atom. The zero-order valence-corrected chi connectivity index (χ0v) is 16.9. The molecule has 5 nitrogen and oxygen atoms in total. The molecule has 1 saturated heterocycles. The average Bonchev–Trinajstić information content (AvgIpc) is 3.06. The first kappa shape index (κ1) is 21.1. The van der Waals surface area contributed by atoms with Gasteiger partial charge in [-0.05, 0) is 55.9 Å². The number of rotatable bonds is 4. The summed E-state index contributed by atoms with van der Waals surface area (Å²) in [7, 11) is -4.31. The number of carbonyl (C=O) groups is 1. The molecule has 2 heterocycles. The summed E-state index contributed by atoms with van der Waals surface area (Å²) in [6.07, 6.45) is -3.41. The van der Waals surface area contributed by atoms with E-state index in [2.05, 4.69) is 0 Å². The van der Waals surface area contributed by atoms with Crippen LogP contribution in [0, 0.1) is 0 Å². The van der Waals surface area contributed by atoms with Crippen LogP contribution in [-0.2, 0) is 21.2 Å². The van der Waals surface area contributed by atoms with Crippen LogP contribution in [0.3, 0.4) is 0 Å². The number of anilines is 1. The number of aryl methyl sites for hydroxylation is 1. The third-order valence-electron chi connectivity index (χ3n) is 5.76. The van der Waals surface area contributed by atoms with Gasteiger partial charge in [0.2, 0.25) is 15.9 Å². The summed E-state index contributed by atoms with van der Waals surface area (Å²) in [5, 5.41) is 0. The van der Waals surface area contributed by atoms with Crippen LogP contribution in [-0.4, -0.2) is 43.4 Å². The fraction of sp³-hybridized carbons (Fsp3) is 0.632. The van der Waals surface area contributed by atoms with Crippen LogP contribution >= 0.6 is 0 Å². The molecular formula is C19H25F3N2O3S. The van der Waals surface area contributed by atoms with Gasteiger partial charge in [0.15, 0.2) is 0 Å². The van der Waals surface area contributed by atoms with Crippen molar-refractivity contribution in [2.24, 2.45) is 0 Å². The molecule has 1 fully saturated rings. The lowest BCUT2D eigenvalue weighted by Gasteiger charge is -2.39. The van der Waals surface area contributed by atoms with Gasteiger partial charge < -0.3 is 4.90 Å². The molecular weight excluding hydrogens is 393 g/mol. The Kier molecular flexibility index (Phi) is 5.53. The number of hydrogen-bond acceptors (Lipinski definition) is 3. The van der Waals surface area contributed by atoms with E-state index < -0.39 is 21.7 Å². The smallest absolute Gasteiger partial charge is 0.312 e. The molecule has 9 heteroatoms. The highest BCUT2D eigenvalue weighted by Gasteiger charge is 2.63. The van der Waals surface area contributed by atoms with Crippen molar-refractivity contribution in [1.82, 2.24) is 4.31 Å². The molecule has 1 amide bonds. The van der Waals surface area contributed by atoms with E-state index in [1.807, 2.05) is 0 Å². The van der Waals surface area contributed by atoms with Gasteiger partial charge in [-0.3, -0.25) is 4.79 Å². The minimum Gasteiger partial charge on any atom is -0.312 e. The molecule has 28 heavy (non-hydrogen) atoms. The van der Waals surface area contributed by atoms with Crippen LogP contribution in [0.15, 0.2) is 23.1 Å². The standard InChI is InChI=1S/C19H25F3N2O3S/c1-3-9-18(19(20,21)22)10-5-12-24(18)28(26,27)16-7-8-17-15(13-16)6-4-11-23(17)14(2)25/h7-8,13H,3-6,9-12H2,1-2H3. The molecule has 1 atom stereocenters. The minimum atomic E-state index is -4.63. The number of sulfonamides is 1. The number of carbonyl (C=O) groups excluding carboxylic acids is 1. The molecule has 1 aromatic carbocycles. The Hall–Kier alpha value is -1.61. The summed E-state index contributed by atoms with van der Waals surface area (Å²) < 4.78 is 69.0. The van der Waals surface area contributed by atoms with E-state index in [1.54, 1.807) is 11.8 Å². The number of hydrogen-bond donors (Lipinski definition) is 0. The average molecular weight is 418 g/mol. The number of fused-ring (bicyclic) bond motifs is 1. The summed E-state index contributed by atoms with van der Waals surface area (Å²) >= 11 is 0. The lowest BCUT2D eigenvalue weighted by Crippen LogP contribution is -2.57. The Balaban J connectivity index is 2.04. The number of benzene rings is 1. The van der Waals surface area contributed by atoms with Crippen LogP contribution in [0.2, 0.25) is 0 Å². The summed E-state index contributed by atoms with van der Waals surface area (Å²) in [6, 6.07) is 4.29. The van der Waals surface area contributed by atoms with Crippen molar-refractivity contribution in [1.29, 1.82) is 0 Å². The van der Waals surface area contributed by atoms with E-state index in [4.69, 9.17) is 0 Å². The van der Waals surface area contributed by atoms with Crippen molar-refractivity contribution in [2.45, 2.75) is 69.0 Å². The van der Waals surface area contributed by atoms with Gasteiger partial charge in [0.1, 0.15) is 5.54 Å². The molecule has 1 unspecified atom stereocenters. The number of amides is 1. The lowest BCUT2D eigenvalue weighted by atomic mass is 9.91. The molecule has 1 aromatic rings. The molecule has 156 valence electrons. The SMILES string of the molecule is CCCC1(C(F)(F)F)CCCN1S(=O)(=O)c1ccc2c(c1)CCCN2C(C)=O. The van der Waals surface area contributed by atoms with Crippen molar-refractivity contribution < 1.29 is 26.4 Å². The highest BCUT2D eigenvalue weighted by molar-refractivity contribution is 7.89. The van der Waals surface area contributed by atoms with Crippen molar-refractivity contribution in [2.75, 3.05) is 18.0 Å². The summed E-state index contributed by atoms with van der Waals surface area (Å²) in [4.78, 5) is 13.2. The molecule has 0 saturated carbocycles. The highest BCUT2D eigenvalue weighted by atomic mass is 32.2. The Bertz CT molecular complexity index is 870. The maximum Gasteiger partial charge on any atom is 0.407 e. The Morgan fingerprint density at radius 1 is 1.21 bits per heavy atom. The fourth-order valence-corrected chi connectivity index (χ4v) is 6.38. The lowest BCUT2D eigenvalue weighted by molar-refractivity contribution is -0.212. The van der Waals surface area contributed by atoms with Crippen LogP contribution in [0.5, 0.6) is 0 Å². The first-order valence-electron chi connectivity index (χ1n) is 9.55. The largest absolute Gasteiger partial charge is 0.407 e. The maximum absolute atomic E-state index is 14.0. The Labute approximate surface area is 163 Å². The van der Waals surface area contributed by atoms with Crippen molar-refractivity contribution in [3.8, 4) is 0 Å². The third kappa shape index (κ3) is 3.32. The predicted octanol–water partition coefficient (Wildman–Crippen LogP) is 3.87. The van der Waals surface area contributed by atoms with Gasteiger partial charge in [0, 0.05) is 25.7 Å². The van der Waals surface area contributed by atoms with E-state index in [9.17, 15) is 26.4 Å². The molecule has 0 spiro atoms. The second kappa shape index (κ2) is 7.33. The first-order valence-corrected chi connectivity index (χ1v) is 11.0. The van der Waals surface area contributed by atoms with Crippen LogP contribution in [0.1, 0.15) is 51.5 Å². The van der Waals surface area contributed by atoms with Crippen molar-refractivity contribution in [3.63, 3.8) is 0 Å². The molecule has 2 aliphatic rings. The number of alkyl halides is 3. The van der Waals surface area contributed by atoms with E-state index in [0.29, 0.717) is 34.9 Å². The molecule has 2 aliphatic heterocycles. The monoisotopic (exact) mass is 418 g/mol. The third-order valence-corrected chi connectivity index (χ3v) is 7.72. The molecule has 0 bridgehead atoms. The quantitative estimate of drug-likeness (QED) is 0.746. The highest BCUT2D eigenvalue weighted by Crippen LogP contribution is 2.48. The summed E-state index contributed by atoms with van der Waals surface area (Å²) in [5.41, 5.74) is -1.04. The van der Waals surface area contributed by atoms with Gasteiger partial charge in [-0.15, -0.1) is 0 Å². The second-order valence-corrected chi connectivity index (χ2v) is 9.39. The predicted molar refractivity (Wildman–Crippen MR) is 99.6 cm³/mol. The molecule has 0 aliphatic carbocycles. The van der Waals surface area contributed by atoms with Crippen molar-refractivity contribution in [3.05, 3.63) is 23.8 Å². The van der Waals surface area contributed by atoms with E-state index in [0.717, 1.165) is 0 Å². The van der Waals surface area contributed by atoms with Gasteiger partial charge in [0.05, 0.1) is 4.90 Å². The normalized spacial score (nSPS) is 23.7. The second-order valence-electron chi connectivity index (χ2n) is 7.52. The minimum absolute atomic E-state index is 0.136. The van der Waals surface area contributed by atoms with Gasteiger partial charge in [-0.25, -0.2) is 8.42 Å². The molecule has 0 radical (unpaired) electrons. The van der Waals surface area contributed by atoms with Crippen LogP contribution in [0.25, 0.3) is 0 Å². The zero-order valence-electron chi connectivity index (χ0n) is 16.1. The van der Waals surface area contributed by atoms with E-state index >= 15 is 0 Å². The summed E-state index contributed by atoms with van der Waals surface area (Å²) in [6.45, 7) is 3.48. The van der Waals surface area contributed by atoms with Gasteiger partial charge in [-0.2, -0.15) is 17.5 Å². The van der Waals surface area contributed by atoms with Gasteiger partial charge in [0.25, 0.3) is 0 Å². The zero-order chi connectivity index (χ0) is 20.7. The summed E-state index contributed by atoms with van der Waals surface area (Å²) in [5.74, 6) is -0.143. The van der Waals surface area contributed by atoms with Gasteiger partial charge >= 0.3 is 6.18 Å². The van der Waals surface area contributed by atoms with E-state index in [1.165, 1.54) is 25.1 Å².